The summed E-state index contributed by atoms with van der Waals surface area (Å²) in [5.74, 6) is 0.385. The van der Waals surface area contributed by atoms with Crippen LogP contribution < -0.4 is 15.2 Å². The van der Waals surface area contributed by atoms with Crippen molar-refractivity contribution in [3.05, 3.63) is 22.3 Å². The van der Waals surface area contributed by atoms with Crippen LogP contribution in [0.4, 0.5) is 13.2 Å². The van der Waals surface area contributed by atoms with Gasteiger partial charge in [-0.15, -0.1) is 0 Å². The second-order valence-electron chi connectivity index (χ2n) is 5.34. The molecule has 6 heteroatoms. The van der Waals surface area contributed by atoms with Crippen molar-refractivity contribution in [3.8, 4) is 11.5 Å². The number of hydrogen-bond donors (Lipinski definition) is 1. The van der Waals surface area contributed by atoms with E-state index in [4.69, 9.17) is 15.2 Å². The molecule has 0 spiro atoms. The van der Waals surface area contributed by atoms with Crippen LogP contribution in [0.2, 0.25) is 0 Å². The molecule has 0 saturated carbocycles. The molecular formula is C14H16F3NO2. The van der Waals surface area contributed by atoms with E-state index in [1.54, 1.807) is 0 Å². The molecule has 0 aromatic heterocycles. The molecule has 1 aromatic rings. The highest BCUT2D eigenvalue weighted by Crippen LogP contribution is 2.50. The third-order valence-electron chi connectivity index (χ3n) is 3.72. The van der Waals surface area contributed by atoms with Crippen molar-refractivity contribution in [2.45, 2.75) is 38.4 Å². The number of nitrogens with two attached hydrogens (primary N) is 1. The van der Waals surface area contributed by atoms with Gasteiger partial charge in [-0.2, -0.15) is 13.2 Å². The predicted molar refractivity (Wildman–Crippen MR) is 67.2 cm³/mol. The predicted octanol–water partition coefficient (Wildman–Crippen LogP) is 2.46. The first kappa shape index (κ1) is 13.5. The van der Waals surface area contributed by atoms with E-state index >= 15 is 0 Å². The second kappa shape index (κ2) is 4.55. The SMILES string of the molecule is C[C@@H](N)Cc1c2c(c(C(F)(F)F)c3c1OCC3)OCC2. The van der Waals surface area contributed by atoms with Gasteiger partial charge in [0.15, 0.2) is 0 Å². The first-order valence-electron chi connectivity index (χ1n) is 6.68. The highest BCUT2D eigenvalue weighted by Gasteiger charge is 2.43. The lowest BCUT2D eigenvalue weighted by molar-refractivity contribution is -0.139. The molecule has 3 nitrogen and oxygen atoms in total. The van der Waals surface area contributed by atoms with Crippen LogP contribution in [-0.2, 0) is 25.4 Å². The molecule has 1 aromatic carbocycles. The van der Waals surface area contributed by atoms with Crippen LogP contribution in [-0.4, -0.2) is 19.3 Å². The Morgan fingerprint density at radius 1 is 1.10 bits per heavy atom. The van der Waals surface area contributed by atoms with Gasteiger partial charge in [0.05, 0.1) is 13.2 Å². The fourth-order valence-electron chi connectivity index (χ4n) is 3.04. The molecule has 0 bridgehead atoms. The fraction of sp³-hybridized carbons (Fsp3) is 0.571. The lowest BCUT2D eigenvalue weighted by Crippen LogP contribution is -2.20. The lowest BCUT2D eigenvalue weighted by atomic mass is 9.91. The summed E-state index contributed by atoms with van der Waals surface area (Å²) in [6.45, 7) is 2.40. The number of hydrogen-bond acceptors (Lipinski definition) is 3. The molecule has 0 unspecified atom stereocenters. The fourth-order valence-corrected chi connectivity index (χ4v) is 3.04. The maximum atomic E-state index is 13.3. The van der Waals surface area contributed by atoms with Crippen molar-refractivity contribution in [2.24, 2.45) is 5.73 Å². The van der Waals surface area contributed by atoms with Crippen LogP contribution >= 0.6 is 0 Å². The number of alkyl halides is 3. The highest BCUT2D eigenvalue weighted by atomic mass is 19.4. The molecule has 2 aliphatic rings. The largest absolute Gasteiger partial charge is 0.493 e. The van der Waals surface area contributed by atoms with Gasteiger partial charge in [-0.1, -0.05) is 0 Å². The summed E-state index contributed by atoms with van der Waals surface area (Å²) in [5.41, 5.74) is 6.82. The van der Waals surface area contributed by atoms with E-state index in [1.165, 1.54) is 0 Å². The molecule has 110 valence electrons. The highest BCUT2D eigenvalue weighted by molar-refractivity contribution is 5.63. The summed E-state index contributed by atoms with van der Waals surface area (Å²) in [4.78, 5) is 0. The molecule has 3 rings (SSSR count). The Labute approximate surface area is 114 Å². The van der Waals surface area contributed by atoms with Crippen molar-refractivity contribution in [2.75, 3.05) is 13.2 Å². The molecule has 2 N–H and O–H groups in total. The normalized spacial score (nSPS) is 18.2. The molecule has 2 aliphatic heterocycles. The minimum atomic E-state index is -4.42. The molecule has 0 fully saturated rings. The summed E-state index contributed by atoms with van der Waals surface area (Å²) < 4.78 is 50.8. The maximum Gasteiger partial charge on any atom is 0.420 e. The van der Waals surface area contributed by atoms with Gasteiger partial charge in [-0.25, -0.2) is 0 Å². The van der Waals surface area contributed by atoms with Gasteiger partial charge in [0, 0.05) is 35.6 Å². The smallest absolute Gasteiger partial charge is 0.420 e. The molecule has 1 atom stereocenters. The Hall–Kier alpha value is -1.43. The second-order valence-corrected chi connectivity index (χ2v) is 5.34. The van der Waals surface area contributed by atoms with Crippen molar-refractivity contribution < 1.29 is 22.6 Å². The summed E-state index contributed by atoms with van der Waals surface area (Å²) in [7, 11) is 0. The standard InChI is InChI=1S/C14H16F3NO2/c1-7(18)6-10-8-2-4-20-13(8)11(14(15,16)17)9-3-5-19-12(9)10/h7H,2-6,18H2,1H3/t7-/m1/s1. The molecule has 0 radical (unpaired) electrons. The molecular weight excluding hydrogens is 271 g/mol. The summed E-state index contributed by atoms with van der Waals surface area (Å²) in [5, 5.41) is 0. The van der Waals surface area contributed by atoms with E-state index in [0.717, 1.165) is 5.56 Å². The third kappa shape index (κ3) is 2.02. The first-order chi connectivity index (χ1) is 9.39. The van der Waals surface area contributed by atoms with Gasteiger partial charge in [-0.05, 0) is 13.3 Å². The topological polar surface area (TPSA) is 44.5 Å². The average molecular weight is 287 g/mol. The van der Waals surface area contributed by atoms with Gasteiger partial charge < -0.3 is 15.2 Å². The Kier molecular flexibility index (Phi) is 3.08. The summed E-state index contributed by atoms with van der Waals surface area (Å²) >= 11 is 0. The van der Waals surface area contributed by atoms with Crippen LogP contribution in [0.1, 0.15) is 29.2 Å². The Morgan fingerprint density at radius 3 is 2.30 bits per heavy atom. The molecule has 20 heavy (non-hydrogen) atoms. The lowest BCUT2D eigenvalue weighted by Gasteiger charge is -2.20. The maximum absolute atomic E-state index is 13.3. The van der Waals surface area contributed by atoms with Gasteiger partial charge >= 0.3 is 6.18 Å². The summed E-state index contributed by atoms with van der Waals surface area (Å²) in [6.07, 6.45) is -3.16. The monoisotopic (exact) mass is 287 g/mol. The van der Waals surface area contributed by atoms with Crippen molar-refractivity contribution >= 4 is 0 Å². The third-order valence-corrected chi connectivity index (χ3v) is 3.72. The van der Waals surface area contributed by atoms with Gasteiger partial charge in [-0.3, -0.25) is 0 Å². The molecule has 2 heterocycles. The Morgan fingerprint density at radius 2 is 1.70 bits per heavy atom. The molecule has 0 amide bonds. The van der Waals surface area contributed by atoms with E-state index in [0.29, 0.717) is 24.2 Å². The number of benzene rings is 1. The average Bonchev–Trinajstić information content (AvgIpc) is 2.93. The quantitative estimate of drug-likeness (QED) is 0.908. The van der Waals surface area contributed by atoms with Crippen molar-refractivity contribution in [1.82, 2.24) is 0 Å². The Balaban J connectivity index is 2.26. The number of rotatable bonds is 2. The van der Waals surface area contributed by atoms with E-state index in [-0.39, 0.29) is 37.0 Å². The molecule has 0 saturated heterocycles. The zero-order chi connectivity index (χ0) is 14.5. The summed E-state index contributed by atoms with van der Waals surface area (Å²) in [6, 6.07) is -0.135. The van der Waals surface area contributed by atoms with E-state index in [9.17, 15) is 13.2 Å². The zero-order valence-electron chi connectivity index (χ0n) is 11.1. The van der Waals surface area contributed by atoms with Gasteiger partial charge in [0.2, 0.25) is 0 Å². The van der Waals surface area contributed by atoms with Gasteiger partial charge in [0.25, 0.3) is 0 Å². The van der Waals surface area contributed by atoms with Gasteiger partial charge in [0.1, 0.15) is 17.1 Å². The van der Waals surface area contributed by atoms with Crippen molar-refractivity contribution in [3.63, 3.8) is 0 Å². The first-order valence-corrected chi connectivity index (χ1v) is 6.68. The van der Waals surface area contributed by atoms with E-state index in [1.807, 2.05) is 6.92 Å². The number of ether oxygens (including phenoxy) is 2. The van der Waals surface area contributed by atoms with Crippen LogP contribution in [0.15, 0.2) is 0 Å². The van der Waals surface area contributed by atoms with Crippen molar-refractivity contribution in [1.29, 1.82) is 0 Å². The minimum absolute atomic E-state index is 0.00241. The number of fused-ring (bicyclic) bond motifs is 2. The van der Waals surface area contributed by atoms with Crippen LogP contribution in [0, 0.1) is 0 Å². The van der Waals surface area contributed by atoms with E-state index in [2.05, 4.69) is 0 Å². The van der Waals surface area contributed by atoms with Crippen LogP contribution in [0.5, 0.6) is 11.5 Å². The Bertz CT molecular complexity index is 517. The van der Waals surface area contributed by atoms with Crippen LogP contribution in [0.25, 0.3) is 0 Å². The number of halogens is 3. The minimum Gasteiger partial charge on any atom is -0.493 e. The van der Waals surface area contributed by atoms with Crippen LogP contribution in [0.3, 0.4) is 0 Å². The molecule has 0 aliphatic carbocycles. The zero-order valence-corrected chi connectivity index (χ0v) is 11.1. The van der Waals surface area contributed by atoms with E-state index < -0.39 is 11.7 Å².